The Bertz CT molecular complexity index is 2650. The lowest BCUT2D eigenvalue weighted by atomic mass is 9.65. The second-order valence-corrected chi connectivity index (χ2v) is 15.5. The van der Waals surface area contributed by atoms with Crippen molar-refractivity contribution in [3.8, 4) is 22.3 Å². The van der Waals surface area contributed by atoms with Gasteiger partial charge in [-0.3, -0.25) is 0 Å². The second kappa shape index (κ2) is 12.2. The molecule has 5 aromatic carbocycles. The van der Waals surface area contributed by atoms with Crippen molar-refractivity contribution >= 4 is 28.1 Å². The largest absolute Gasteiger partial charge is 0.317 e. The molecule has 0 amide bonds. The summed E-state index contributed by atoms with van der Waals surface area (Å²) in [4.78, 5) is 2.27. The Hall–Kier alpha value is -6.18. The number of benzene rings is 5. The van der Waals surface area contributed by atoms with Gasteiger partial charge >= 0.3 is 0 Å². The minimum absolute atomic E-state index is 0.258. The Morgan fingerprint density at radius 1 is 0.593 bits per heavy atom. The van der Waals surface area contributed by atoms with Crippen LogP contribution in [0.1, 0.15) is 65.5 Å². The van der Waals surface area contributed by atoms with Crippen LogP contribution < -0.4 is 4.90 Å². The van der Waals surface area contributed by atoms with Crippen molar-refractivity contribution in [2.24, 2.45) is 5.92 Å². The molecule has 0 aromatic heterocycles. The van der Waals surface area contributed by atoms with Crippen molar-refractivity contribution < 1.29 is 0 Å². The molecule has 2 atom stereocenters. The smallest absolute Gasteiger partial charge is 0.0541 e. The molecule has 258 valence electrons. The molecule has 1 aliphatic heterocycles. The summed E-state index contributed by atoms with van der Waals surface area (Å²) in [6, 6.07) is 41.6. The summed E-state index contributed by atoms with van der Waals surface area (Å²) in [7, 11) is 0. The second-order valence-electron chi connectivity index (χ2n) is 15.5. The van der Waals surface area contributed by atoms with Gasteiger partial charge in [0.2, 0.25) is 0 Å². The fourth-order valence-corrected chi connectivity index (χ4v) is 10.4. The van der Waals surface area contributed by atoms with E-state index in [2.05, 4.69) is 182 Å². The molecule has 0 bridgehead atoms. The van der Waals surface area contributed by atoms with Crippen LogP contribution in [0.2, 0.25) is 0 Å². The summed E-state index contributed by atoms with van der Waals surface area (Å²) in [5.41, 5.74) is 22.6. The predicted molar refractivity (Wildman–Crippen MR) is 227 cm³/mol. The molecule has 0 saturated carbocycles. The van der Waals surface area contributed by atoms with E-state index < -0.39 is 0 Å². The molecule has 0 saturated heterocycles. The zero-order valence-corrected chi connectivity index (χ0v) is 30.4. The van der Waals surface area contributed by atoms with Gasteiger partial charge in [0.15, 0.2) is 0 Å². The number of para-hydroxylation sites is 1. The number of fused-ring (bicyclic) bond motifs is 11. The highest BCUT2D eigenvalue weighted by Gasteiger charge is 2.56. The molecule has 0 radical (unpaired) electrons. The molecule has 1 nitrogen and oxygen atoms in total. The van der Waals surface area contributed by atoms with Crippen LogP contribution >= 0.6 is 0 Å². The van der Waals surface area contributed by atoms with Crippen molar-refractivity contribution in [2.75, 3.05) is 4.90 Å². The standard InChI is InChI=1S/C53H41N/c1-35-12-10-11-31-54(52-20-9-6-15-43(35)52)42-27-23-37(24-28-42)40-25-29-46-47-30-26-41(39-22-21-36-13-2-3-14-38(36)32-39)34-51(47)53(50(46)33-40)48-18-7-4-16-44(48)45-17-5-8-19-49(45)53/h2,4-13,15-18,20,23-34,49H,1,3,14,19,21-22H2/b12-10-,31-11-. The molecule has 11 rings (SSSR count). The highest BCUT2D eigenvalue weighted by atomic mass is 15.1. The number of hydrogen-bond acceptors (Lipinski definition) is 1. The third-order valence-electron chi connectivity index (χ3n) is 12.9. The molecular formula is C53H41N. The van der Waals surface area contributed by atoms with E-state index in [-0.39, 0.29) is 5.41 Å². The van der Waals surface area contributed by atoms with E-state index >= 15 is 0 Å². The van der Waals surface area contributed by atoms with E-state index in [0.29, 0.717) is 5.92 Å². The van der Waals surface area contributed by atoms with Crippen LogP contribution in [-0.4, -0.2) is 0 Å². The molecule has 54 heavy (non-hydrogen) atoms. The summed E-state index contributed by atoms with van der Waals surface area (Å²) in [5.74, 6) is 0.341. The first-order valence-electron chi connectivity index (χ1n) is 19.6. The van der Waals surface area contributed by atoms with Crippen molar-refractivity contribution in [1.82, 2.24) is 0 Å². The Morgan fingerprint density at radius 3 is 2.22 bits per heavy atom. The average molecular weight is 692 g/mol. The molecule has 6 aliphatic rings. The number of nitrogens with zero attached hydrogens (tertiary/aromatic N) is 1. The van der Waals surface area contributed by atoms with Crippen molar-refractivity contribution in [2.45, 2.75) is 37.5 Å². The van der Waals surface area contributed by atoms with Crippen LogP contribution in [-0.2, 0) is 5.41 Å². The quantitative estimate of drug-likeness (QED) is 0.182. The Kier molecular flexibility index (Phi) is 7.07. The molecule has 0 fully saturated rings. The molecule has 1 heteroatoms. The van der Waals surface area contributed by atoms with Crippen molar-refractivity contribution in [3.05, 3.63) is 221 Å². The summed E-state index contributed by atoms with van der Waals surface area (Å²) in [6.45, 7) is 4.33. The van der Waals surface area contributed by atoms with Crippen LogP contribution in [0.4, 0.5) is 11.4 Å². The Labute approximate surface area is 318 Å². The fourth-order valence-electron chi connectivity index (χ4n) is 10.4. The number of allylic oxidation sites excluding steroid dienone is 14. The maximum atomic E-state index is 4.33. The van der Waals surface area contributed by atoms with Crippen molar-refractivity contribution in [1.29, 1.82) is 0 Å². The minimum Gasteiger partial charge on any atom is -0.317 e. The Morgan fingerprint density at radius 2 is 1.35 bits per heavy atom. The average Bonchev–Trinajstić information content (AvgIpc) is 3.69. The van der Waals surface area contributed by atoms with Gasteiger partial charge in [0.05, 0.1) is 11.1 Å². The predicted octanol–water partition coefficient (Wildman–Crippen LogP) is 13.7. The van der Waals surface area contributed by atoms with E-state index in [1.807, 2.05) is 0 Å². The van der Waals surface area contributed by atoms with E-state index in [9.17, 15) is 0 Å². The van der Waals surface area contributed by atoms with Crippen LogP contribution in [0.15, 0.2) is 188 Å². The van der Waals surface area contributed by atoms with Crippen LogP contribution in [0, 0.1) is 5.92 Å². The van der Waals surface area contributed by atoms with Crippen LogP contribution in [0.3, 0.4) is 0 Å². The topological polar surface area (TPSA) is 3.24 Å². The van der Waals surface area contributed by atoms with E-state index in [4.69, 9.17) is 0 Å². The highest BCUT2D eigenvalue weighted by Crippen LogP contribution is 2.66. The zero-order chi connectivity index (χ0) is 35.8. The van der Waals surface area contributed by atoms with Gasteiger partial charge in [-0.25, -0.2) is 0 Å². The maximum Gasteiger partial charge on any atom is 0.0541 e. The molecule has 5 aromatic rings. The molecule has 1 spiro atoms. The lowest BCUT2D eigenvalue weighted by Crippen LogP contribution is -2.32. The SMILES string of the molecule is C=C1/C=C\C=C/N(c2ccc(-c3ccc4c(c3)C3(c5ccccc5C5=CC=CCC53)c3cc(C5=CC6=C(C=CCC6)CC5)ccc3-4)cc2)c2ccccc21. The van der Waals surface area contributed by atoms with Gasteiger partial charge in [0.1, 0.15) is 0 Å². The Balaban J connectivity index is 1.05. The van der Waals surface area contributed by atoms with Gasteiger partial charge in [-0.1, -0.05) is 134 Å². The lowest BCUT2D eigenvalue weighted by molar-refractivity contribution is 0.494. The lowest BCUT2D eigenvalue weighted by Gasteiger charge is -2.36. The van der Waals surface area contributed by atoms with Crippen molar-refractivity contribution in [3.63, 3.8) is 0 Å². The van der Waals surface area contributed by atoms with E-state index in [1.165, 1.54) is 72.4 Å². The first-order chi connectivity index (χ1) is 26.7. The normalized spacial score (nSPS) is 22.6. The minimum atomic E-state index is -0.258. The maximum absolute atomic E-state index is 4.33. The summed E-state index contributed by atoms with van der Waals surface area (Å²) in [6.07, 6.45) is 28.2. The first-order valence-corrected chi connectivity index (χ1v) is 19.6. The van der Waals surface area contributed by atoms with Gasteiger partial charge in [0.25, 0.3) is 0 Å². The summed E-state index contributed by atoms with van der Waals surface area (Å²) < 4.78 is 0. The molecular weight excluding hydrogens is 651 g/mol. The van der Waals surface area contributed by atoms with Gasteiger partial charge in [-0.2, -0.15) is 0 Å². The number of rotatable bonds is 3. The summed E-state index contributed by atoms with van der Waals surface area (Å²) >= 11 is 0. The summed E-state index contributed by atoms with van der Waals surface area (Å²) in [5, 5.41) is 0. The van der Waals surface area contributed by atoms with Gasteiger partial charge in [-0.05, 0) is 146 Å². The van der Waals surface area contributed by atoms with Gasteiger partial charge < -0.3 is 4.90 Å². The van der Waals surface area contributed by atoms with E-state index in [1.54, 1.807) is 0 Å². The molecule has 1 heterocycles. The highest BCUT2D eigenvalue weighted by molar-refractivity contribution is 5.95. The first kappa shape index (κ1) is 31.4. The number of hydrogen-bond donors (Lipinski definition) is 0. The van der Waals surface area contributed by atoms with Gasteiger partial charge in [-0.15, -0.1) is 0 Å². The van der Waals surface area contributed by atoms with E-state index in [0.717, 1.165) is 54.6 Å². The van der Waals surface area contributed by atoms with Crippen LogP contribution in [0.5, 0.6) is 0 Å². The zero-order valence-electron chi connectivity index (χ0n) is 30.4. The third kappa shape index (κ3) is 4.58. The number of anilines is 2. The fraction of sp³-hybridized carbons (Fsp3) is 0.132. The molecule has 2 unspecified atom stereocenters. The molecule has 0 N–H and O–H groups in total. The van der Waals surface area contributed by atoms with Gasteiger partial charge in [0, 0.05) is 23.4 Å². The monoisotopic (exact) mass is 691 g/mol. The third-order valence-corrected chi connectivity index (χ3v) is 12.9. The van der Waals surface area contributed by atoms with Crippen LogP contribution in [0.25, 0.3) is 39.0 Å². The molecule has 5 aliphatic carbocycles.